The molecule has 0 aromatic carbocycles. The molecule has 0 fully saturated rings. The van der Waals surface area contributed by atoms with Gasteiger partial charge in [-0.2, -0.15) is 13.2 Å². The van der Waals surface area contributed by atoms with Gasteiger partial charge in [-0.1, -0.05) is 26.2 Å². The third kappa shape index (κ3) is 5.45. The first-order valence-corrected chi connectivity index (χ1v) is 11.0. The molecule has 0 spiro atoms. The van der Waals surface area contributed by atoms with Crippen LogP contribution in [0.5, 0.6) is 0 Å². The van der Waals surface area contributed by atoms with Crippen LogP contribution in [0.3, 0.4) is 0 Å². The largest absolute Gasteiger partial charge is 0.430 e. The van der Waals surface area contributed by atoms with Crippen molar-refractivity contribution < 1.29 is 13.2 Å². The summed E-state index contributed by atoms with van der Waals surface area (Å²) < 4.78 is 40.2. The number of hydrogen-bond donors (Lipinski definition) is 2. The molecule has 3 nitrogen and oxygen atoms in total. The zero-order chi connectivity index (χ0) is 21.0. The van der Waals surface area contributed by atoms with Crippen LogP contribution in [0.2, 0.25) is 0 Å². The van der Waals surface area contributed by atoms with Crippen LogP contribution in [0.25, 0.3) is 19.8 Å². The number of nitrogens with two attached hydrogens (primary N) is 1. The van der Waals surface area contributed by atoms with Gasteiger partial charge in [0.05, 0.1) is 11.4 Å². The Morgan fingerprint density at radius 2 is 1.90 bits per heavy atom. The minimum absolute atomic E-state index is 0.156. The van der Waals surface area contributed by atoms with Crippen molar-refractivity contribution in [2.45, 2.75) is 45.2 Å². The fourth-order valence-electron chi connectivity index (χ4n) is 2.92. The van der Waals surface area contributed by atoms with Gasteiger partial charge >= 0.3 is 6.18 Å². The number of nitrogens with one attached hydrogen (secondary N) is 1. The Labute approximate surface area is 175 Å². The van der Waals surface area contributed by atoms with Crippen LogP contribution >= 0.6 is 22.7 Å². The van der Waals surface area contributed by atoms with Gasteiger partial charge in [0.1, 0.15) is 5.70 Å². The second kappa shape index (κ2) is 9.09. The number of alkyl halides is 3. The molecule has 0 aliphatic rings. The van der Waals surface area contributed by atoms with Crippen molar-refractivity contribution in [3.05, 3.63) is 52.8 Å². The second-order valence-electron chi connectivity index (χ2n) is 6.80. The third-order valence-electron chi connectivity index (χ3n) is 4.48. The summed E-state index contributed by atoms with van der Waals surface area (Å²) in [5.74, 6) is 0. The number of pyridine rings is 1. The predicted octanol–water partition coefficient (Wildman–Crippen LogP) is 6.92. The second-order valence-corrected chi connectivity index (χ2v) is 9.06. The molecule has 3 rings (SSSR count). The van der Waals surface area contributed by atoms with Crippen molar-refractivity contribution in [3.8, 4) is 10.4 Å². The zero-order valence-corrected chi connectivity index (χ0v) is 17.6. The maximum absolute atomic E-state index is 12.6. The van der Waals surface area contributed by atoms with Crippen LogP contribution in [0, 0.1) is 5.41 Å². The number of fused-ring (bicyclic) bond motifs is 1. The number of allylic oxidation sites excluding steroid dienone is 2. The molecule has 154 valence electrons. The van der Waals surface area contributed by atoms with Crippen molar-refractivity contribution in [2.24, 2.45) is 5.73 Å². The van der Waals surface area contributed by atoms with Crippen LogP contribution in [0.4, 0.5) is 13.2 Å². The van der Waals surface area contributed by atoms with E-state index in [9.17, 15) is 13.2 Å². The van der Waals surface area contributed by atoms with Crippen molar-refractivity contribution in [1.82, 2.24) is 4.98 Å². The van der Waals surface area contributed by atoms with Gasteiger partial charge in [0.25, 0.3) is 0 Å². The molecule has 3 N–H and O–H groups in total. The molecule has 8 heteroatoms. The molecular formula is C21H22F3N3S2. The van der Waals surface area contributed by atoms with Gasteiger partial charge in [-0.3, -0.25) is 10.4 Å². The van der Waals surface area contributed by atoms with Crippen molar-refractivity contribution in [1.29, 1.82) is 5.41 Å². The number of aromatic nitrogens is 1. The van der Waals surface area contributed by atoms with Crippen LogP contribution in [0.15, 0.2) is 42.2 Å². The van der Waals surface area contributed by atoms with Crippen LogP contribution in [-0.2, 0) is 6.42 Å². The minimum atomic E-state index is -4.66. The number of nitrogens with zero attached hydrogens (tertiary/aromatic N) is 1. The number of rotatable bonds is 8. The molecule has 0 radical (unpaired) electrons. The highest BCUT2D eigenvalue weighted by Gasteiger charge is 2.31. The molecule has 0 saturated carbocycles. The van der Waals surface area contributed by atoms with E-state index in [1.807, 2.05) is 0 Å². The molecule has 3 aromatic heterocycles. The Morgan fingerprint density at radius 3 is 2.59 bits per heavy atom. The van der Waals surface area contributed by atoms with E-state index in [1.54, 1.807) is 34.8 Å². The van der Waals surface area contributed by atoms with Gasteiger partial charge < -0.3 is 5.73 Å². The van der Waals surface area contributed by atoms with Gasteiger partial charge in [-0.05, 0) is 48.7 Å². The fraction of sp³-hybridized carbons (Fsp3) is 0.333. The Morgan fingerprint density at radius 1 is 1.14 bits per heavy atom. The lowest BCUT2D eigenvalue weighted by atomic mass is 10.1. The lowest BCUT2D eigenvalue weighted by Gasteiger charge is -2.07. The summed E-state index contributed by atoms with van der Waals surface area (Å²) in [4.78, 5) is 6.41. The van der Waals surface area contributed by atoms with E-state index >= 15 is 0 Å². The predicted molar refractivity (Wildman–Crippen MR) is 116 cm³/mol. The molecule has 0 bridgehead atoms. The number of halogens is 3. The Hall–Kier alpha value is -2.19. The third-order valence-corrected chi connectivity index (χ3v) is 6.88. The monoisotopic (exact) mass is 437 g/mol. The standard InChI is InChI=1S/C21H22F3N3S2/c1-2-3-4-5-6-14-10-18-19(28-14)12-17(29-18)13-7-8-27-16(9-13)15(25)11-20(26)21(22,23)24/h7-12,25H,2-6,26H2,1H3. The molecule has 3 aromatic rings. The summed E-state index contributed by atoms with van der Waals surface area (Å²) in [7, 11) is 0. The quantitative estimate of drug-likeness (QED) is 0.297. The minimum Gasteiger partial charge on any atom is -0.395 e. The van der Waals surface area contributed by atoms with E-state index in [1.165, 1.54) is 46.2 Å². The summed E-state index contributed by atoms with van der Waals surface area (Å²) in [5.41, 5.74) is 4.32. The van der Waals surface area contributed by atoms with E-state index in [0.29, 0.717) is 6.08 Å². The topological polar surface area (TPSA) is 62.8 Å². The van der Waals surface area contributed by atoms with Crippen molar-refractivity contribution >= 4 is 37.8 Å². The molecule has 29 heavy (non-hydrogen) atoms. The van der Waals surface area contributed by atoms with E-state index in [2.05, 4.69) is 24.0 Å². The lowest BCUT2D eigenvalue weighted by Crippen LogP contribution is -2.20. The van der Waals surface area contributed by atoms with Gasteiger partial charge in [0.15, 0.2) is 0 Å². The average molecular weight is 438 g/mol. The molecule has 0 aliphatic carbocycles. The zero-order valence-electron chi connectivity index (χ0n) is 16.0. The Bertz CT molecular complexity index is 1000. The fourth-order valence-corrected chi connectivity index (χ4v) is 5.38. The summed E-state index contributed by atoms with van der Waals surface area (Å²) in [6, 6.07) is 7.76. The molecule has 0 saturated heterocycles. The highest BCUT2D eigenvalue weighted by molar-refractivity contribution is 7.29. The maximum atomic E-state index is 12.6. The first-order chi connectivity index (χ1) is 13.8. The molecular weight excluding hydrogens is 415 g/mol. The van der Waals surface area contributed by atoms with E-state index in [0.717, 1.165) is 16.9 Å². The first-order valence-electron chi connectivity index (χ1n) is 9.40. The van der Waals surface area contributed by atoms with Gasteiger partial charge in [0, 0.05) is 25.4 Å². The number of hydrogen-bond acceptors (Lipinski definition) is 5. The SMILES string of the molecule is CCCCCCc1cc2sc(-c3ccnc(C(=N)C=C(N)C(F)(F)F)c3)cc2s1. The maximum Gasteiger partial charge on any atom is 0.430 e. The lowest BCUT2D eigenvalue weighted by molar-refractivity contribution is -0.0925. The van der Waals surface area contributed by atoms with Crippen molar-refractivity contribution in [2.75, 3.05) is 0 Å². The van der Waals surface area contributed by atoms with Gasteiger partial charge in [0.2, 0.25) is 0 Å². The summed E-state index contributed by atoms with van der Waals surface area (Å²) >= 11 is 3.44. The van der Waals surface area contributed by atoms with E-state index in [-0.39, 0.29) is 11.4 Å². The van der Waals surface area contributed by atoms with Gasteiger partial charge in [-0.15, -0.1) is 22.7 Å². The molecule has 0 amide bonds. The smallest absolute Gasteiger partial charge is 0.395 e. The number of unbranched alkanes of at least 4 members (excludes halogenated alkanes) is 3. The molecule has 3 heterocycles. The van der Waals surface area contributed by atoms with Crippen molar-refractivity contribution in [3.63, 3.8) is 0 Å². The highest BCUT2D eigenvalue weighted by Crippen LogP contribution is 2.38. The van der Waals surface area contributed by atoms with Gasteiger partial charge in [-0.25, -0.2) is 0 Å². The Balaban J connectivity index is 1.77. The van der Waals surface area contributed by atoms with Crippen LogP contribution < -0.4 is 5.73 Å². The number of thiophene rings is 2. The average Bonchev–Trinajstić information content (AvgIpc) is 3.23. The highest BCUT2D eigenvalue weighted by atomic mass is 32.1. The normalized spacial score (nSPS) is 12.6. The van der Waals surface area contributed by atoms with Crippen LogP contribution in [-0.4, -0.2) is 16.9 Å². The summed E-state index contributed by atoms with van der Waals surface area (Å²) in [5, 5.41) is 7.89. The van der Waals surface area contributed by atoms with E-state index in [4.69, 9.17) is 11.1 Å². The summed E-state index contributed by atoms with van der Waals surface area (Å²) in [6.45, 7) is 2.20. The molecule has 0 atom stereocenters. The van der Waals surface area contributed by atoms with Crippen LogP contribution in [0.1, 0.15) is 43.2 Å². The summed E-state index contributed by atoms with van der Waals surface area (Å²) in [6.07, 6.45) is 3.51. The first kappa shape index (κ1) is 21.5. The molecule has 0 aliphatic heterocycles. The Kier molecular flexibility index (Phi) is 6.74. The molecule has 0 unspecified atom stereocenters. The van der Waals surface area contributed by atoms with E-state index < -0.39 is 11.9 Å². The number of aryl methyl sites for hydroxylation is 1.